The van der Waals surface area contributed by atoms with Crippen molar-refractivity contribution in [2.24, 2.45) is 5.92 Å². The maximum absolute atomic E-state index is 11.1. The van der Waals surface area contributed by atoms with Gasteiger partial charge in [0.05, 0.1) is 6.10 Å². The Morgan fingerprint density at radius 1 is 1.40 bits per heavy atom. The van der Waals surface area contributed by atoms with Crippen LogP contribution in [0.4, 0.5) is 4.79 Å². The van der Waals surface area contributed by atoms with E-state index in [1.165, 1.54) is 4.90 Å². The van der Waals surface area contributed by atoms with Gasteiger partial charge in [0.2, 0.25) is 0 Å². The van der Waals surface area contributed by atoms with Crippen molar-refractivity contribution in [3.05, 3.63) is 33.4 Å². The van der Waals surface area contributed by atoms with Gasteiger partial charge in [-0.2, -0.15) is 0 Å². The zero-order valence-corrected chi connectivity index (χ0v) is 14.1. The normalized spacial score (nSPS) is 13.8. The molecule has 1 aromatic rings. The predicted molar refractivity (Wildman–Crippen MR) is 87.8 cm³/mol. The zero-order valence-electron chi connectivity index (χ0n) is 11.9. The molecule has 4 nitrogen and oxygen atoms in total. The fraction of sp³-hybridized carbons (Fsp3) is 0.533. The SMILES string of the molecule is CCCN(CC(C)C[C@@H](O)c1ccccc1I)C(=O)O. The van der Waals surface area contributed by atoms with E-state index in [2.05, 4.69) is 22.6 Å². The molecule has 0 aromatic heterocycles. The summed E-state index contributed by atoms with van der Waals surface area (Å²) in [5.41, 5.74) is 0.914. The Labute approximate surface area is 133 Å². The number of aliphatic hydroxyl groups is 1. The maximum Gasteiger partial charge on any atom is 0.407 e. The van der Waals surface area contributed by atoms with Crippen molar-refractivity contribution in [1.82, 2.24) is 4.90 Å². The Bertz CT molecular complexity index is 439. The molecule has 1 unspecified atom stereocenters. The first-order valence-electron chi connectivity index (χ1n) is 6.86. The van der Waals surface area contributed by atoms with Gasteiger partial charge in [-0.25, -0.2) is 4.79 Å². The van der Waals surface area contributed by atoms with E-state index in [1.807, 2.05) is 38.1 Å². The molecular formula is C15H22INO3. The number of amides is 1. The quantitative estimate of drug-likeness (QED) is 0.697. The Kier molecular flexibility index (Phi) is 7.29. The standard InChI is InChI=1S/C15H22INO3/c1-3-8-17(15(19)20)10-11(2)9-14(18)12-6-4-5-7-13(12)16/h4-7,11,14,18H,3,8-10H2,1-2H3,(H,19,20)/t11?,14-/m1/s1. The Morgan fingerprint density at radius 3 is 2.60 bits per heavy atom. The smallest absolute Gasteiger partial charge is 0.407 e. The zero-order chi connectivity index (χ0) is 15.1. The van der Waals surface area contributed by atoms with Crippen molar-refractivity contribution < 1.29 is 15.0 Å². The van der Waals surface area contributed by atoms with Crippen LogP contribution < -0.4 is 0 Å². The molecule has 1 amide bonds. The molecule has 0 saturated carbocycles. The molecule has 5 heteroatoms. The van der Waals surface area contributed by atoms with Crippen LogP contribution in [-0.4, -0.2) is 34.3 Å². The molecule has 0 saturated heterocycles. The van der Waals surface area contributed by atoms with Crippen LogP contribution in [0, 0.1) is 9.49 Å². The molecule has 1 aromatic carbocycles. The van der Waals surface area contributed by atoms with E-state index in [1.54, 1.807) is 0 Å². The molecular weight excluding hydrogens is 369 g/mol. The minimum absolute atomic E-state index is 0.114. The van der Waals surface area contributed by atoms with E-state index in [-0.39, 0.29) is 5.92 Å². The second-order valence-electron chi connectivity index (χ2n) is 5.11. The summed E-state index contributed by atoms with van der Waals surface area (Å²) >= 11 is 2.21. The number of rotatable bonds is 7. The first-order valence-corrected chi connectivity index (χ1v) is 7.93. The van der Waals surface area contributed by atoms with Gasteiger partial charge in [-0.1, -0.05) is 32.0 Å². The first-order chi connectivity index (χ1) is 9.45. The fourth-order valence-corrected chi connectivity index (χ4v) is 2.99. The lowest BCUT2D eigenvalue weighted by Gasteiger charge is -2.24. The number of carbonyl (C=O) groups is 1. The molecule has 0 aliphatic carbocycles. The molecule has 2 atom stereocenters. The van der Waals surface area contributed by atoms with Gasteiger partial charge in [-0.15, -0.1) is 0 Å². The molecule has 0 radical (unpaired) electrons. The minimum atomic E-state index is -0.887. The maximum atomic E-state index is 11.1. The van der Waals surface area contributed by atoms with Gasteiger partial charge in [0.15, 0.2) is 0 Å². The third kappa shape index (κ3) is 5.28. The van der Waals surface area contributed by atoms with Crippen LogP contribution in [-0.2, 0) is 0 Å². The largest absolute Gasteiger partial charge is 0.465 e. The van der Waals surface area contributed by atoms with Crippen molar-refractivity contribution in [2.75, 3.05) is 13.1 Å². The molecule has 112 valence electrons. The molecule has 0 bridgehead atoms. The van der Waals surface area contributed by atoms with Gasteiger partial charge in [0.25, 0.3) is 0 Å². The molecule has 0 aliphatic rings. The number of hydrogen-bond donors (Lipinski definition) is 2. The van der Waals surface area contributed by atoms with E-state index in [9.17, 15) is 9.90 Å². The average Bonchev–Trinajstić information content (AvgIpc) is 2.38. The summed E-state index contributed by atoms with van der Waals surface area (Å²) in [5.74, 6) is 0.114. The summed E-state index contributed by atoms with van der Waals surface area (Å²) < 4.78 is 1.04. The van der Waals surface area contributed by atoms with Crippen LogP contribution >= 0.6 is 22.6 Å². The van der Waals surface area contributed by atoms with E-state index in [0.717, 1.165) is 15.6 Å². The highest BCUT2D eigenvalue weighted by atomic mass is 127. The lowest BCUT2D eigenvalue weighted by atomic mass is 9.98. The summed E-state index contributed by atoms with van der Waals surface area (Å²) in [6.07, 6.45) is -0.0658. The van der Waals surface area contributed by atoms with Gasteiger partial charge < -0.3 is 15.1 Å². The highest BCUT2D eigenvalue weighted by Crippen LogP contribution is 2.25. The van der Waals surface area contributed by atoms with Crippen LogP contribution in [0.25, 0.3) is 0 Å². The van der Waals surface area contributed by atoms with Gasteiger partial charge >= 0.3 is 6.09 Å². The van der Waals surface area contributed by atoms with E-state index >= 15 is 0 Å². The third-order valence-corrected chi connectivity index (χ3v) is 4.17. The highest BCUT2D eigenvalue weighted by molar-refractivity contribution is 14.1. The minimum Gasteiger partial charge on any atom is -0.465 e. The number of nitrogens with zero attached hydrogens (tertiary/aromatic N) is 1. The molecule has 0 heterocycles. The lowest BCUT2D eigenvalue weighted by Crippen LogP contribution is -2.34. The fourth-order valence-electron chi connectivity index (χ4n) is 2.24. The van der Waals surface area contributed by atoms with Crippen LogP contribution in [0.5, 0.6) is 0 Å². The predicted octanol–water partition coefficient (Wildman–Crippen LogP) is 3.74. The summed E-state index contributed by atoms with van der Waals surface area (Å²) in [6.45, 7) is 4.94. The van der Waals surface area contributed by atoms with Crippen LogP contribution in [0.15, 0.2) is 24.3 Å². The van der Waals surface area contributed by atoms with E-state index < -0.39 is 12.2 Å². The van der Waals surface area contributed by atoms with E-state index in [4.69, 9.17) is 5.11 Å². The number of carboxylic acid groups (broad SMARTS) is 1. The molecule has 2 N–H and O–H groups in total. The van der Waals surface area contributed by atoms with Gasteiger partial charge in [0.1, 0.15) is 0 Å². The van der Waals surface area contributed by atoms with E-state index in [0.29, 0.717) is 19.5 Å². The molecule has 0 fully saturated rings. The topological polar surface area (TPSA) is 60.8 Å². The third-order valence-electron chi connectivity index (χ3n) is 3.19. The van der Waals surface area contributed by atoms with Crippen molar-refractivity contribution in [1.29, 1.82) is 0 Å². The number of halogens is 1. The Balaban J connectivity index is 2.59. The average molecular weight is 391 g/mol. The van der Waals surface area contributed by atoms with Crippen molar-refractivity contribution in [3.8, 4) is 0 Å². The second kappa shape index (κ2) is 8.46. The summed E-state index contributed by atoms with van der Waals surface area (Å²) in [7, 11) is 0. The van der Waals surface area contributed by atoms with Crippen molar-refractivity contribution in [3.63, 3.8) is 0 Å². The number of hydrogen-bond acceptors (Lipinski definition) is 2. The summed E-state index contributed by atoms with van der Waals surface area (Å²) in [6, 6.07) is 7.73. The summed E-state index contributed by atoms with van der Waals surface area (Å²) in [5, 5.41) is 19.4. The lowest BCUT2D eigenvalue weighted by molar-refractivity contribution is 0.114. The van der Waals surface area contributed by atoms with Gasteiger partial charge in [0, 0.05) is 16.7 Å². The monoisotopic (exact) mass is 391 g/mol. The molecule has 20 heavy (non-hydrogen) atoms. The second-order valence-corrected chi connectivity index (χ2v) is 6.27. The van der Waals surface area contributed by atoms with Crippen LogP contribution in [0.1, 0.15) is 38.4 Å². The molecule has 0 aliphatic heterocycles. The first kappa shape index (κ1) is 17.2. The van der Waals surface area contributed by atoms with Crippen molar-refractivity contribution in [2.45, 2.75) is 32.8 Å². The summed E-state index contributed by atoms with van der Waals surface area (Å²) in [4.78, 5) is 12.5. The highest BCUT2D eigenvalue weighted by Gasteiger charge is 2.19. The van der Waals surface area contributed by atoms with Crippen molar-refractivity contribution >= 4 is 28.7 Å². The Morgan fingerprint density at radius 2 is 2.05 bits per heavy atom. The van der Waals surface area contributed by atoms with Crippen LogP contribution in [0.2, 0.25) is 0 Å². The number of benzene rings is 1. The molecule has 1 rings (SSSR count). The number of aliphatic hydroxyl groups excluding tert-OH is 1. The Hall–Kier alpha value is -0.820. The van der Waals surface area contributed by atoms with Crippen LogP contribution in [0.3, 0.4) is 0 Å². The van der Waals surface area contributed by atoms with Gasteiger partial charge in [-0.3, -0.25) is 0 Å². The molecule has 0 spiro atoms. The van der Waals surface area contributed by atoms with Gasteiger partial charge in [-0.05, 0) is 53.0 Å².